The van der Waals surface area contributed by atoms with Crippen molar-refractivity contribution in [1.82, 2.24) is 0 Å². The summed E-state index contributed by atoms with van der Waals surface area (Å²) in [6.07, 6.45) is 0. The van der Waals surface area contributed by atoms with Crippen LogP contribution in [0.5, 0.6) is 0 Å². The average Bonchev–Trinajstić information content (AvgIpc) is 0.811. The largest absolute Gasteiger partial charge is 2.00 e. The van der Waals surface area contributed by atoms with Crippen LogP contribution in [0.15, 0.2) is 0 Å². The molecule has 0 aromatic rings. The van der Waals surface area contributed by atoms with Crippen molar-refractivity contribution in [3.63, 3.8) is 0 Å². The molecular weight excluding hydrogens is 291 g/mol. The normalized spacial score (nSPS) is 5.14. The van der Waals surface area contributed by atoms with Crippen LogP contribution >= 0.6 is 0 Å². The summed E-state index contributed by atoms with van der Waals surface area (Å²) in [6.45, 7) is 0. The molecule has 7 heavy (non-hydrogen) atoms. The van der Waals surface area contributed by atoms with E-state index in [0.29, 0.717) is 0 Å². The van der Waals surface area contributed by atoms with Crippen LogP contribution in [0.25, 0.3) is 0 Å². The fourth-order valence-electron chi connectivity index (χ4n) is 0. The Morgan fingerprint density at radius 3 is 0.857 bits per heavy atom. The van der Waals surface area contributed by atoms with Crippen molar-refractivity contribution in [3.05, 3.63) is 0 Å². The van der Waals surface area contributed by atoms with Gasteiger partial charge in [0.15, 0.2) is 0 Å². The minimum atomic E-state index is -4.01. The van der Waals surface area contributed by atoms with Crippen LogP contribution in [0, 0.1) is 0 Å². The Morgan fingerprint density at radius 1 is 0.857 bits per heavy atom. The van der Waals surface area contributed by atoms with E-state index in [-0.39, 0.29) is 87.9 Å². The number of hydrogen-bond donors (Lipinski definition) is 0. The SMILES string of the molecule is [Ca+2].[Ca+2].[Cl-].[O-][I+2]([O-])[O-]. The Morgan fingerprint density at radius 2 is 0.857 bits per heavy atom. The van der Waals surface area contributed by atoms with E-state index >= 15 is 0 Å². The van der Waals surface area contributed by atoms with E-state index in [1.807, 2.05) is 0 Å². The molecule has 0 aliphatic heterocycles. The molecule has 0 fully saturated rings. The van der Waals surface area contributed by atoms with E-state index in [4.69, 9.17) is 10.3 Å². The molecule has 7 heteroatoms. The minimum Gasteiger partial charge on any atom is -1.00 e. The quantitative estimate of drug-likeness (QED) is 0.329. The van der Waals surface area contributed by atoms with Crippen molar-refractivity contribution in [3.8, 4) is 0 Å². The number of halogens is 2. The predicted molar refractivity (Wildman–Crippen MR) is 11.5 cm³/mol. The van der Waals surface area contributed by atoms with Gasteiger partial charge >= 0.3 is 75.5 Å². The van der Waals surface area contributed by atoms with Crippen LogP contribution < -0.4 is 43.8 Å². The molecule has 0 rings (SSSR count). The van der Waals surface area contributed by atoms with Gasteiger partial charge in [0.1, 0.15) is 0 Å². The summed E-state index contributed by atoms with van der Waals surface area (Å²) in [6, 6.07) is 0. The monoisotopic (exact) mass is 290 g/mol. The van der Waals surface area contributed by atoms with Crippen molar-refractivity contribution in [2.75, 3.05) is 0 Å². The van der Waals surface area contributed by atoms with Crippen LogP contribution in [0.4, 0.5) is 0 Å². The third kappa shape index (κ3) is 44.3. The van der Waals surface area contributed by atoms with Gasteiger partial charge in [-0.1, -0.05) is 0 Å². The Kier molecular flexibility index (Phi) is 51.9. The van der Waals surface area contributed by atoms with Crippen molar-refractivity contribution < 1.29 is 43.8 Å². The first-order valence-electron chi connectivity index (χ1n) is 0.463. The molecule has 3 nitrogen and oxygen atoms in total. The second-order valence-electron chi connectivity index (χ2n) is 0.189. The molecule has 0 aromatic heterocycles. The summed E-state index contributed by atoms with van der Waals surface area (Å²) in [5, 5.41) is 0. The number of rotatable bonds is 0. The smallest absolute Gasteiger partial charge is 1.00 e. The predicted octanol–water partition coefficient (Wildman–Crippen LogP) is -10.3. The average molecular weight is 291 g/mol. The van der Waals surface area contributed by atoms with Gasteiger partial charge in [-0.05, 0) is 0 Å². The molecule has 0 heterocycles. The summed E-state index contributed by atoms with van der Waals surface area (Å²) >= 11 is -4.01. The maximum atomic E-state index is 8.57. The first-order chi connectivity index (χ1) is 1.73. The van der Waals surface area contributed by atoms with Gasteiger partial charge in [0.2, 0.25) is 0 Å². The molecule has 0 atom stereocenters. The zero-order chi connectivity index (χ0) is 3.58. The van der Waals surface area contributed by atoms with Crippen LogP contribution in [0.3, 0.4) is 0 Å². The summed E-state index contributed by atoms with van der Waals surface area (Å²) in [7, 11) is 0. The van der Waals surface area contributed by atoms with Crippen LogP contribution in [-0.4, -0.2) is 75.5 Å². The van der Waals surface area contributed by atoms with Crippen molar-refractivity contribution >= 4 is 75.5 Å². The van der Waals surface area contributed by atoms with Gasteiger partial charge < -0.3 is 22.7 Å². The third-order valence-corrected chi connectivity index (χ3v) is 0. The van der Waals surface area contributed by atoms with Crippen molar-refractivity contribution in [2.45, 2.75) is 0 Å². The van der Waals surface area contributed by atoms with E-state index < -0.39 is 21.1 Å². The molecule has 0 saturated carbocycles. The van der Waals surface area contributed by atoms with Crippen LogP contribution in [0.2, 0.25) is 0 Å². The molecule has 0 aromatic carbocycles. The number of hydrogen-bond acceptors (Lipinski definition) is 3. The zero-order valence-corrected chi connectivity index (χ0v) is 10.7. The molecule has 0 unspecified atom stereocenters. The fourth-order valence-corrected chi connectivity index (χ4v) is 0. The van der Waals surface area contributed by atoms with Gasteiger partial charge in [-0.3, -0.25) is 0 Å². The molecule has 0 spiro atoms. The molecule has 0 aliphatic carbocycles. The van der Waals surface area contributed by atoms with Crippen molar-refractivity contribution in [2.24, 2.45) is 0 Å². The third-order valence-electron chi connectivity index (χ3n) is 0. The van der Waals surface area contributed by atoms with E-state index in [9.17, 15) is 0 Å². The maximum absolute atomic E-state index is 8.57. The molecule has 0 N–H and O–H groups in total. The van der Waals surface area contributed by atoms with Gasteiger partial charge in [0.25, 0.3) is 21.1 Å². The van der Waals surface area contributed by atoms with E-state index in [2.05, 4.69) is 0 Å². The van der Waals surface area contributed by atoms with Crippen LogP contribution in [0.1, 0.15) is 0 Å². The molecule has 0 bridgehead atoms. The zero-order valence-electron chi connectivity index (χ0n) is 3.39. The maximum Gasteiger partial charge on any atom is 2.00 e. The second kappa shape index (κ2) is 16.2. The molecule has 0 amide bonds. The standard InChI is InChI=1S/2Ca.ClH.IO3/c;;;2-1(3)4/h;;1H;/q2*+2;;-1/p-1. The van der Waals surface area contributed by atoms with E-state index in [1.165, 1.54) is 0 Å². The molecule has 0 radical (unpaired) electrons. The van der Waals surface area contributed by atoms with Gasteiger partial charge in [0.05, 0.1) is 0 Å². The first-order valence-corrected chi connectivity index (χ1v) is 3.11. The van der Waals surface area contributed by atoms with Gasteiger partial charge in [-0.2, -0.15) is 0 Å². The molecule has 34 valence electrons. The Labute approximate surface area is 116 Å². The Hall–Kier alpha value is 3.42. The Balaban J connectivity index is -0.0000000150. The van der Waals surface area contributed by atoms with E-state index in [1.54, 1.807) is 0 Å². The van der Waals surface area contributed by atoms with Gasteiger partial charge in [0, 0.05) is 0 Å². The van der Waals surface area contributed by atoms with E-state index in [0.717, 1.165) is 0 Å². The molecule has 0 aliphatic rings. The first kappa shape index (κ1) is 22.4. The second-order valence-corrected chi connectivity index (χ2v) is 1.27. The molecule has 0 saturated heterocycles. The van der Waals surface area contributed by atoms with Crippen LogP contribution in [-0.2, 0) is 0 Å². The van der Waals surface area contributed by atoms with Crippen molar-refractivity contribution in [1.29, 1.82) is 0 Å². The summed E-state index contributed by atoms with van der Waals surface area (Å²) < 4.78 is 25.7. The molecular formula is Ca2ClIO3+2. The topological polar surface area (TPSA) is 69.2 Å². The summed E-state index contributed by atoms with van der Waals surface area (Å²) in [4.78, 5) is 0. The van der Waals surface area contributed by atoms with Gasteiger partial charge in [-0.15, -0.1) is 0 Å². The Bertz CT molecular complexity index is 17.7. The fraction of sp³-hybridized carbons (Fsp3) is 0. The van der Waals surface area contributed by atoms with Gasteiger partial charge in [-0.25, -0.2) is 0 Å². The summed E-state index contributed by atoms with van der Waals surface area (Å²) in [5.41, 5.74) is 0. The minimum absolute atomic E-state index is 0. The summed E-state index contributed by atoms with van der Waals surface area (Å²) in [5.74, 6) is 0.